The van der Waals surface area contributed by atoms with E-state index in [0.717, 1.165) is 36.4 Å². The van der Waals surface area contributed by atoms with Crippen LogP contribution in [0.15, 0.2) is 23.1 Å². The monoisotopic (exact) mass is 269 g/mol. The lowest BCUT2D eigenvalue weighted by Gasteiger charge is -2.22. The molecule has 1 aromatic rings. The number of Topliss-reactive ketones (excluding diaryl/α,β-unsaturated/α-hetero) is 1. The molecule has 0 spiro atoms. The summed E-state index contributed by atoms with van der Waals surface area (Å²) in [7, 11) is 0. The number of ketones is 1. The second kappa shape index (κ2) is 5.89. The van der Waals surface area contributed by atoms with Gasteiger partial charge in [0.1, 0.15) is 0 Å². The van der Waals surface area contributed by atoms with Gasteiger partial charge in [0, 0.05) is 27.9 Å². The van der Waals surface area contributed by atoms with Crippen LogP contribution in [-0.2, 0) is 0 Å². The van der Waals surface area contributed by atoms with Crippen LogP contribution in [0.1, 0.15) is 23.2 Å². The molecule has 0 radical (unpaired) electrons. The highest BCUT2D eigenvalue weighted by Crippen LogP contribution is 2.27. The molecule has 1 unspecified atom stereocenters. The average Bonchev–Trinajstić information content (AvgIpc) is 2.39. The highest BCUT2D eigenvalue weighted by Gasteiger charge is 2.24. The number of carbonyl (C=O) groups excluding carboxylic acids is 1. The van der Waals surface area contributed by atoms with E-state index in [1.54, 1.807) is 17.8 Å². The van der Waals surface area contributed by atoms with Gasteiger partial charge in [-0.25, -0.2) is 0 Å². The number of halogens is 1. The van der Waals surface area contributed by atoms with E-state index in [1.165, 1.54) is 0 Å². The van der Waals surface area contributed by atoms with Crippen molar-refractivity contribution in [3.8, 4) is 0 Å². The fraction of sp³-hybridized carbons (Fsp3) is 0.462. The van der Waals surface area contributed by atoms with Gasteiger partial charge >= 0.3 is 0 Å². The first-order valence-electron chi connectivity index (χ1n) is 5.81. The Balaban J connectivity index is 2.25. The van der Waals surface area contributed by atoms with Gasteiger partial charge in [0.25, 0.3) is 0 Å². The largest absolute Gasteiger partial charge is 0.316 e. The van der Waals surface area contributed by atoms with Crippen LogP contribution in [-0.4, -0.2) is 25.1 Å². The Bertz CT molecular complexity index is 416. The van der Waals surface area contributed by atoms with Crippen molar-refractivity contribution in [1.82, 2.24) is 5.32 Å². The number of benzene rings is 1. The van der Waals surface area contributed by atoms with Crippen LogP contribution in [0.4, 0.5) is 0 Å². The zero-order valence-corrected chi connectivity index (χ0v) is 11.4. The van der Waals surface area contributed by atoms with Crippen LogP contribution in [0.3, 0.4) is 0 Å². The summed E-state index contributed by atoms with van der Waals surface area (Å²) < 4.78 is 0. The lowest BCUT2D eigenvalue weighted by atomic mass is 9.91. The van der Waals surface area contributed by atoms with Gasteiger partial charge in [-0.15, -0.1) is 11.8 Å². The third-order valence-electron chi connectivity index (χ3n) is 3.09. The summed E-state index contributed by atoms with van der Waals surface area (Å²) in [6.45, 7) is 1.81. The Morgan fingerprint density at radius 2 is 2.35 bits per heavy atom. The minimum Gasteiger partial charge on any atom is -0.316 e. The molecule has 4 heteroatoms. The van der Waals surface area contributed by atoms with Crippen molar-refractivity contribution >= 4 is 29.1 Å². The third kappa shape index (κ3) is 3.03. The normalized spacial score (nSPS) is 20.2. The number of hydrogen-bond acceptors (Lipinski definition) is 3. The van der Waals surface area contributed by atoms with Crippen LogP contribution in [0.25, 0.3) is 0 Å². The minimum absolute atomic E-state index is 0.105. The fourth-order valence-corrected chi connectivity index (χ4v) is 2.92. The molecule has 1 aliphatic heterocycles. The number of piperidine rings is 1. The van der Waals surface area contributed by atoms with Gasteiger partial charge < -0.3 is 5.32 Å². The summed E-state index contributed by atoms with van der Waals surface area (Å²) in [4.78, 5) is 13.4. The zero-order chi connectivity index (χ0) is 12.3. The quantitative estimate of drug-likeness (QED) is 0.675. The van der Waals surface area contributed by atoms with Crippen molar-refractivity contribution in [3.63, 3.8) is 0 Å². The van der Waals surface area contributed by atoms with E-state index in [-0.39, 0.29) is 11.7 Å². The van der Waals surface area contributed by atoms with Gasteiger partial charge in [0.15, 0.2) is 5.78 Å². The van der Waals surface area contributed by atoms with Crippen molar-refractivity contribution < 1.29 is 4.79 Å². The summed E-state index contributed by atoms with van der Waals surface area (Å²) in [5, 5.41) is 3.91. The summed E-state index contributed by atoms with van der Waals surface area (Å²) in [5.74, 6) is 0.331. The van der Waals surface area contributed by atoms with E-state index in [4.69, 9.17) is 11.6 Å². The maximum atomic E-state index is 12.4. The molecular formula is C13H16ClNOS. The molecular weight excluding hydrogens is 254 g/mol. The standard InChI is InChI=1S/C13H16ClNOS/c1-17-12-5-4-10(14)7-11(12)13(16)9-3-2-6-15-8-9/h4-5,7,9,15H,2-3,6,8H2,1H3. The molecule has 0 bridgehead atoms. The number of thioether (sulfide) groups is 1. The lowest BCUT2D eigenvalue weighted by molar-refractivity contribution is 0.0896. The highest BCUT2D eigenvalue weighted by molar-refractivity contribution is 7.98. The van der Waals surface area contributed by atoms with Gasteiger partial charge in [-0.1, -0.05) is 11.6 Å². The van der Waals surface area contributed by atoms with E-state index >= 15 is 0 Å². The van der Waals surface area contributed by atoms with Gasteiger partial charge in [-0.2, -0.15) is 0 Å². The molecule has 92 valence electrons. The van der Waals surface area contributed by atoms with E-state index in [0.29, 0.717) is 5.02 Å². The first kappa shape index (κ1) is 12.9. The Morgan fingerprint density at radius 1 is 1.53 bits per heavy atom. The van der Waals surface area contributed by atoms with E-state index in [1.807, 2.05) is 18.4 Å². The van der Waals surface area contributed by atoms with Crippen LogP contribution >= 0.6 is 23.4 Å². The smallest absolute Gasteiger partial charge is 0.168 e. The van der Waals surface area contributed by atoms with E-state index < -0.39 is 0 Å². The van der Waals surface area contributed by atoms with Gasteiger partial charge in [-0.3, -0.25) is 4.79 Å². The van der Waals surface area contributed by atoms with Crippen molar-refractivity contribution in [2.24, 2.45) is 5.92 Å². The molecule has 1 atom stereocenters. The van der Waals surface area contributed by atoms with Crippen molar-refractivity contribution in [2.45, 2.75) is 17.7 Å². The zero-order valence-electron chi connectivity index (χ0n) is 9.83. The van der Waals surface area contributed by atoms with Crippen LogP contribution < -0.4 is 5.32 Å². The molecule has 0 aromatic heterocycles. The summed E-state index contributed by atoms with van der Waals surface area (Å²) in [6, 6.07) is 5.56. The topological polar surface area (TPSA) is 29.1 Å². The van der Waals surface area contributed by atoms with Gasteiger partial charge in [0.2, 0.25) is 0 Å². The molecule has 2 nitrogen and oxygen atoms in total. The second-order valence-corrected chi connectivity index (χ2v) is 5.54. The maximum Gasteiger partial charge on any atom is 0.168 e. The number of nitrogens with one attached hydrogen (secondary N) is 1. The van der Waals surface area contributed by atoms with Crippen LogP contribution in [0, 0.1) is 5.92 Å². The van der Waals surface area contributed by atoms with Crippen molar-refractivity contribution in [2.75, 3.05) is 19.3 Å². The number of hydrogen-bond donors (Lipinski definition) is 1. The second-order valence-electron chi connectivity index (χ2n) is 4.25. The Kier molecular flexibility index (Phi) is 4.48. The molecule has 0 saturated carbocycles. The predicted molar refractivity (Wildman–Crippen MR) is 73.2 cm³/mol. The van der Waals surface area contributed by atoms with E-state index in [9.17, 15) is 4.79 Å². The molecule has 1 aliphatic rings. The molecule has 1 aromatic carbocycles. The van der Waals surface area contributed by atoms with Crippen molar-refractivity contribution in [1.29, 1.82) is 0 Å². The number of rotatable bonds is 3. The molecule has 1 N–H and O–H groups in total. The first-order valence-corrected chi connectivity index (χ1v) is 7.41. The molecule has 1 saturated heterocycles. The van der Waals surface area contributed by atoms with Crippen LogP contribution in [0.2, 0.25) is 5.02 Å². The molecule has 0 amide bonds. The van der Waals surface area contributed by atoms with Crippen LogP contribution in [0.5, 0.6) is 0 Å². The van der Waals surface area contributed by atoms with Gasteiger partial charge in [-0.05, 0) is 43.8 Å². The Hall–Kier alpha value is -0.510. The first-order chi connectivity index (χ1) is 8.22. The summed E-state index contributed by atoms with van der Waals surface area (Å²) in [5.41, 5.74) is 0.777. The van der Waals surface area contributed by atoms with Gasteiger partial charge in [0.05, 0.1) is 0 Å². The molecule has 0 aliphatic carbocycles. The van der Waals surface area contributed by atoms with Crippen molar-refractivity contribution in [3.05, 3.63) is 28.8 Å². The fourth-order valence-electron chi connectivity index (χ4n) is 2.17. The lowest BCUT2D eigenvalue weighted by Crippen LogP contribution is -2.34. The minimum atomic E-state index is 0.105. The average molecular weight is 270 g/mol. The van der Waals surface area contributed by atoms with E-state index in [2.05, 4.69) is 5.32 Å². The highest BCUT2D eigenvalue weighted by atomic mass is 35.5. The summed E-state index contributed by atoms with van der Waals surface area (Å²) in [6.07, 6.45) is 4.04. The molecule has 17 heavy (non-hydrogen) atoms. The Morgan fingerprint density at radius 3 is 3.00 bits per heavy atom. The predicted octanol–water partition coefficient (Wildman–Crippen LogP) is 3.24. The third-order valence-corrected chi connectivity index (χ3v) is 4.13. The molecule has 1 heterocycles. The molecule has 2 rings (SSSR count). The Labute approximate surface area is 111 Å². The molecule has 1 fully saturated rings. The maximum absolute atomic E-state index is 12.4. The summed E-state index contributed by atoms with van der Waals surface area (Å²) >= 11 is 7.58. The SMILES string of the molecule is CSc1ccc(Cl)cc1C(=O)C1CCCNC1. The number of carbonyl (C=O) groups is 1.